The molecule has 1 saturated heterocycles. The lowest BCUT2D eigenvalue weighted by Crippen LogP contribution is -2.40. The number of imidazole rings is 1. The lowest BCUT2D eigenvalue weighted by Gasteiger charge is -2.31. The number of halogens is 1. The van der Waals surface area contributed by atoms with Crippen LogP contribution < -0.4 is 4.74 Å². The van der Waals surface area contributed by atoms with Crippen molar-refractivity contribution >= 4 is 11.6 Å². The van der Waals surface area contributed by atoms with Crippen molar-refractivity contribution in [1.82, 2.24) is 24.5 Å². The molecular weight excluding hydrogens is 385 g/mol. The molecule has 3 aromatic heterocycles. The number of nitrogens with zero attached hydrogens (tertiary/aromatic N) is 5. The minimum Gasteiger partial charge on any atom is -0.476 e. The van der Waals surface area contributed by atoms with Crippen molar-refractivity contribution in [2.45, 2.75) is 39.0 Å². The molecule has 1 fully saturated rings. The van der Waals surface area contributed by atoms with Crippen LogP contribution in [0.4, 0.5) is 4.39 Å². The Morgan fingerprint density at radius 1 is 1.23 bits per heavy atom. The standard InChI is InChI=1S/C22H26FN5O2/c1-22(2,3)18-13-28-19(25-18)4-5-20(26-28)30-14-15-7-10-27(11-8-15)21(29)16-6-9-24-12-17(16)23/h4-6,9,12-13,15H,7-8,10-11,14H2,1-3H3. The molecule has 0 unspecified atom stereocenters. The molecule has 8 heteroatoms. The van der Waals surface area contributed by atoms with Crippen molar-refractivity contribution in [2.24, 2.45) is 5.92 Å². The molecule has 7 nitrogen and oxygen atoms in total. The summed E-state index contributed by atoms with van der Waals surface area (Å²) in [5.41, 5.74) is 1.81. The van der Waals surface area contributed by atoms with E-state index in [0.717, 1.165) is 30.4 Å². The van der Waals surface area contributed by atoms with Crippen LogP contribution >= 0.6 is 0 Å². The number of ether oxygens (including phenoxy) is 1. The number of hydrogen-bond donors (Lipinski definition) is 0. The summed E-state index contributed by atoms with van der Waals surface area (Å²) in [6.45, 7) is 8.05. The van der Waals surface area contributed by atoms with Crippen molar-refractivity contribution < 1.29 is 13.9 Å². The predicted molar refractivity (Wildman–Crippen MR) is 110 cm³/mol. The first-order valence-electron chi connectivity index (χ1n) is 10.2. The lowest BCUT2D eigenvalue weighted by molar-refractivity contribution is 0.0654. The summed E-state index contributed by atoms with van der Waals surface area (Å²) in [7, 11) is 0. The van der Waals surface area contributed by atoms with Crippen LogP contribution in [-0.2, 0) is 5.41 Å². The number of amides is 1. The van der Waals surface area contributed by atoms with Crippen molar-refractivity contribution in [3.63, 3.8) is 0 Å². The van der Waals surface area contributed by atoms with Gasteiger partial charge in [0.1, 0.15) is 0 Å². The van der Waals surface area contributed by atoms with E-state index >= 15 is 0 Å². The van der Waals surface area contributed by atoms with Gasteiger partial charge in [-0.25, -0.2) is 13.9 Å². The van der Waals surface area contributed by atoms with Gasteiger partial charge < -0.3 is 9.64 Å². The highest BCUT2D eigenvalue weighted by atomic mass is 19.1. The summed E-state index contributed by atoms with van der Waals surface area (Å²) in [5, 5.41) is 4.51. The quantitative estimate of drug-likeness (QED) is 0.657. The van der Waals surface area contributed by atoms with Gasteiger partial charge in [0.05, 0.1) is 30.3 Å². The van der Waals surface area contributed by atoms with Crippen LogP contribution in [0.15, 0.2) is 36.8 Å². The van der Waals surface area contributed by atoms with Gasteiger partial charge in [0, 0.05) is 30.8 Å². The van der Waals surface area contributed by atoms with Crippen molar-refractivity contribution in [3.05, 3.63) is 53.9 Å². The van der Waals surface area contributed by atoms with E-state index in [4.69, 9.17) is 4.74 Å². The Morgan fingerprint density at radius 2 is 2.00 bits per heavy atom. The van der Waals surface area contributed by atoms with Gasteiger partial charge in [-0.15, -0.1) is 5.10 Å². The second-order valence-electron chi connectivity index (χ2n) is 8.75. The van der Waals surface area contributed by atoms with E-state index < -0.39 is 5.82 Å². The number of carbonyl (C=O) groups excluding carboxylic acids is 1. The van der Waals surface area contributed by atoms with E-state index in [9.17, 15) is 9.18 Å². The van der Waals surface area contributed by atoms with Crippen LogP contribution in [0.2, 0.25) is 0 Å². The molecule has 0 bridgehead atoms. The highest BCUT2D eigenvalue weighted by molar-refractivity contribution is 5.94. The van der Waals surface area contributed by atoms with Crippen LogP contribution in [0, 0.1) is 11.7 Å². The smallest absolute Gasteiger partial charge is 0.256 e. The third-order valence-corrected chi connectivity index (χ3v) is 5.44. The zero-order valence-corrected chi connectivity index (χ0v) is 17.5. The fraction of sp³-hybridized carbons (Fsp3) is 0.455. The van der Waals surface area contributed by atoms with Crippen molar-refractivity contribution in [1.29, 1.82) is 0 Å². The number of rotatable bonds is 4. The van der Waals surface area contributed by atoms with Gasteiger partial charge in [-0.05, 0) is 30.9 Å². The highest BCUT2D eigenvalue weighted by Gasteiger charge is 2.26. The fourth-order valence-corrected chi connectivity index (χ4v) is 3.53. The van der Waals surface area contributed by atoms with Crippen molar-refractivity contribution in [3.8, 4) is 5.88 Å². The molecular formula is C22H26FN5O2. The first-order chi connectivity index (χ1) is 14.3. The summed E-state index contributed by atoms with van der Waals surface area (Å²) in [6.07, 6.45) is 6.05. The molecule has 158 valence electrons. The van der Waals surface area contributed by atoms with Crippen LogP contribution in [0.3, 0.4) is 0 Å². The van der Waals surface area contributed by atoms with E-state index in [0.29, 0.717) is 31.5 Å². The molecule has 0 atom stereocenters. The monoisotopic (exact) mass is 411 g/mol. The van der Waals surface area contributed by atoms with Gasteiger partial charge >= 0.3 is 0 Å². The molecule has 1 aliphatic heterocycles. The number of likely N-dealkylation sites (tertiary alicyclic amines) is 1. The summed E-state index contributed by atoms with van der Waals surface area (Å²) in [5.74, 6) is 0.0131. The lowest BCUT2D eigenvalue weighted by atomic mass is 9.93. The minimum atomic E-state index is -0.580. The molecule has 3 aromatic rings. The maximum atomic E-state index is 13.8. The maximum Gasteiger partial charge on any atom is 0.256 e. The third kappa shape index (κ3) is 4.27. The SMILES string of the molecule is CC(C)(C)c1cn2nc(OCC3CCN(C(=O)c4ccncc4F)CC3)ccc2n1. The minimum absolute atomic E-state index is 0.0424. The number of pyridine rings is 1. The average molecular weight is 411 g/mol. The van der Waals surface area contributed by atoms with E-state index in [2.05, 4.69) is 35.8 Å². The number of carbonyl (C=O) groups is 1. The fourth-order valence-electron chi connectivity index (χ4n) is 3.53. The van der Waals surface area contributed by atoms with Gasteiger partial charge in [-0.3, -0.25) is 9.78 Å². The molecule has 0 radical (unpaired) electrons. The summed E-state index contributed by atoms with van der Waals surface area (Å²) in [4.78, 5) is 22.5. The number of aromatic nitrogens is 4. The molecule has 0 saturated carbocycles. The van der Waals surface area contributed by atoms with E-state index in [1.807, 2.05) is 18.3 Å². The van der Waals surface area contributed by atoms with Crippen LogP contribution in [0.25, 0.3) is 5.65 Å². The molecule has 0 aliphatic carbocycles. The van der Waals surface area contributed by atoms with Gasteiger partial charge in [0.15, 0.2) is 11.5 Å². The molecule has 0 N–H and O–H groups in total. The van der Waals surface area contributed by atoms with Gasteiger partial charge in [0.2, 0.25) is 5.88 Å². The zero-order valence-electron chi connectivity index (χ0n) is 17.5. The maximum absolute atomic E-state index is 13.8. The number of fused-ring (bicyclic) bond motifs is 1. The predicted octanol–water partition coefficient (Wildman–Crippen LogP) is 3.49. The number of hydrogen-bond acceptors (Lipinski definition) is 5. The van der Waals surface area contributed by atoms with Crippen LogP contribution in [0.5, 0.6) is 5.88 Å². The molecule has 4 rings (SSSR count). The third-order valence-electron chi connectivity index (χ3n) is 5.44. The molecule has 30 heavy (non-hydrogen) atoms. The Kier molecular flexibility index (Phi) is 5.40. The second-order valence-corrected chi connectivity index (χ2v) is 8.75. The molecule has 1 aliphatic rings. The highest BCUT2D eigenvalue weighted by Crippen LogP contribution is 2.23. The molecule has 4 heterocycles. The first-order valence-corrected chi connectivity index (χ1v) is 10.2. The zero-order chi connectivity index (χ0) is 21.3. The number of piperidine rings is 1. The topological polar surface area (TPSA) is 72.6 Å². The summed E-state index contributed by atoms with van der Waals surface area (Å²) < 4.78 is 21.5. The molecule has 0 spiro atoms. The van der Waals surface area contributed by atoms with E-state index in [-0.39, 0.29) is 16.9 Å². The average Bonchev–Trinajstić information content (AvgIpc) is 3.16. The first kappa shape index (κ1) is 20.3. The summed E-state index contributed by atoms with van der Waals surface area (Å²) in [6, 6.07) is 5.16. The van der Waals surface area contributed by atoms with Gasteiger partial charge in [-0.2, -0.15) is 0 Å². The normalized spacial score (nSPS) is 15.5. The second kappa shape index (κ2) is 8.01. The Morgan fingerprint density at radius 3 is 2.70 bits per heavy atom. The van der Waals surface area contributed by atoms with E-state index in [1.165, 1.54) is 12.3 Å². The van der Waals surface area contributed by atoms with Crippen molar-refractivity contribution in [2.75, 3.05) is 19.7 Å². The van der Waals surface area contributed by atoms with E-state index in [1.54, 1.807) is 9.42 Å². The van der Waals surface area contributed by atoms with Crippen LogP contribution in [0.1, 0.15) is 49.7 Å². The summed E-state index contributed by atoms with van der Waals surface area (Å²) >= 11 is 0. The Hall–Kier alpha value is -3.03. The van der Waals surface area contributed by atoms with Gasteiger partial charge in [-0.1, -0.05) is 20.8 Å². The largest absolute Gasteiger partial charge is 0.476 e. The Labute approximate surface area is 174 Å². The Balaban J connectivity index is 1.32. The molecule has 0 aromatic carbocycles. The van der Waals surface area contributed by atoms with Gasteiger partial charge in [0.25, 0.3) is 5.91 Å². The Bertz CT molecular complexity index is 1050. The van der Waals surface area contributed by atoms with Crippen LogP contribution in [-0.4, -0.2) is 50.1 Å². The molecule has 1 amide bonds.